The Morgan fingerprint density at radius 2 is 1.59 bits per heavy atom. The van der Waals surface area contributed by atoms with Crippen LogP contribution >= 0.6 is 0 Å². The number of allylic oxidation sites excluding steroid dienone is 1. The number of benzene rings is 3. The summed E-state index contributed by atoms with van der Waals surface area (Å²) in [5.41, 5.74) is 1.70. The number of hydrogen-bond donors (Lipinski definition) is 2. The maximum Gasteiger partial charge on any atom is 0.337 e. The van der Waals surface area contributed by atoms with Crippen LogP contribution in [0.5, 0.6) is 11.5 Å². The zero-order valence-electron chi connectivity index (χ0n) is 16.4. The minimum Gasteiger partial charge on any atom is -0.493 e. The Morgan fingerprint density at radius 3 is 2.24 bits per heavy atom. The molecule has 0 atom stereocenters. The number of carboxylic acid groups (broad SMARTS) is 1. The Kier molecular flexibility index (Phi) is 5.83. The number of anilines is 1. The van der Waals surface area contributed by atoms with Crippen molar-refractivity contribution >= 4 is 33.9 Å². The molecule has 3 rings (SSSR count). The van der Waals surface area contributed by atoms with Crippen LogP contribution < -0.4 is 14.8 Å². The molecule has 6 heteroatoms. The van der Waals surface area contributed by atoms with Crippen molar-refractivity contribution in [3.63, 3.8) is 0 Å². The quantitative estimate of drug-likeness (QED) is 0.600. The molecule has 3 aromatic rings. The second-order valence-electron chi connectivity index (χ2n) is 6.44. The molecule has 0 heterocycles. The fraction of sp³-hybridized carbons (Fsp3) is 0.130. The number of fused-ring (bicyclic) bond motifs is 1. The first-order chi connectivity index (χ1) is 13.9. The van der Waals surface area contributed by atoms with Gasteiger partial charge in [-0.1, -0.05) is 36.4 Å². The van der Waals surface area contributed by atoms with Gasteiger partial charge in [0.05, 0.1) is 25.5 Å². The van der Waals surface area contributed by atoms with E-state index in [1.54, 1.807) is 0 Å². The van der Waals surface area contributed by atoms with E-state index in [0.29, 0.717) is 5.75 Å². The summed E-state index contributed by atoms with van der Waals surface area (Å²) in [4.78, 5) is 24.1. The molecule has 0 radical (unpaired) electrons. The van der Waals surface area contributed by atoms with Crippen molar-refractivity contribution in [1.29, 1.82) is 0 Å². The van der Waals surface area contributed by atoms with Gasteiger partial charge in [0.15, 0.2) is 11.5 Å². The van der Waals surface area contributed by atoms with Gasteiger partial charge < -0.3 is 19.9 Å². The SMILES string of the molecule is COc1cc(NC(=O)C=C(C)c2ccc3ccccc3c2)c(C(=O)O)cc1OC. The fourth-order valence-corrected chi connectivity index (χ4v) is 3.04. The predicted octanol–water partition coefficient (Wildman–Crippen LogP) is 4.60. The van der Waals surface area contributed by atoms with Crippen LogP contribution in [-0.4, -0.2) is 31.2 Å². The molecule has 0 aliphatic rings. The Morgan fingerprint density at radius 1 is 0.931 bits per heavy atom. The lowest BCUT2D eigenvalue weighted by Crippen LogP contribution is -2.13. The summed E-state index contributed by atoms with van der Waals surface area (Å²) in [6.45, 7) is 1.83. The lowest BCUT2D eigenvalue weighted by molar-refractivity contribution is -0.111. The van der Waals surface area contributed by atoms with Gasteiger partial charge in [-0.05, 0) is 34.9 Å². The first-order valence-corrected chi connectivity index (χ1v) is 8.90. The van der Waals surface area contributed by atoms with Crippen molar-refractivity contribution in [2.45, 2.75) is 6.92 Å². The average molecular weight is 391 g/mol. The monoisotopic (exact) mass is 391 g/mol. The summed E-state index contributed by atoms with van der Waals surface area (Å²) >= 11 is 0. The summed E-state index contributed by atoms with van der Waals surface area (Å²) in [6, 6.07) is 16.7. The molecule has 0 saturated carbocycles. The Labute approximate surface area is 168 Å². The summed E-state index contributed by atoms with van der Waals surface area (Å²) in [5, 5.41) is 14.3. The number of hydrogen-bond acceptors (Lipinski definition) is 4. The zero-order valence-corrected chi connectivity index (χ0v) is 16.4. The minimum absolute atomic E-state index is 0.0900. The highest BCUT2D eigenvalue weighted by Gasteiger charge is 2.17. The number of rotatable bonds is 6. The maximum absolute atomic E-state index is 12.5. The molecule has 6 nitrogen and oxygen atoms in total. The van der Waals surface area contributed by atoms with Crippen LogP contribution in [0.2, 0.25) is 0 Å². The van der Waals surface area contributed by atoms with Gasteiger partial charge in [-0.25, -0.2) is 4.79 Å². The van der Waals surface area contributed by atoms with Gasteiger partial charge in [0.1, 0.15) is 0 Å². The van der Waals surface area contributed by atoms with E-state index >= 15 is 0 Å². The zero-order chi connectivity index (χ0) is 21.0. The predicted molar refractivity (Wildman–Crippen MR) is 113 cm³/mol. The van der Waals surface area contributed by atoms with E-state index in [-0.39, 0.29) is 17.0 Å². The number of carbonyl (C=O) groups is 2. The van der Waals surface area contributed by atoms with Gasteiger partial charge in [-0.3, -0.25) is 4.79 Å². The number of ether oxygens (including phenoxy) is 2. The topological polar surface area (TPSA) is 84.9 Å². The first kappa shape index (κ1) is 19.9. The van der Waals surface area contributed by atoms with E-state index in [2.05, 4.69) is 5.32 Å². The maximum atomic E-state index is 12.5. The summed E-state index contributed by atoms with van der Waals surface area (Å²) in [5.74, 6) is -1.03. The lowest BCUT2D eigenvalue weighted by Gasteiger charge is -2.13. The van der Waals surface area contributed by atoms with Crippen molar-refractivity contribution in [2.75, 3.05) is 19.5 Å². The number of carboxylic acids is 1. The highest BCUT2D eigenvalue weighted by Crippen LogP contribution is 2.33. The molecule has 29 heavy (non-hydrogen) atoms. The largest absolute Gasteiger partial charge is 0.493 e. The second kappa shape index (κ2) is 8.48. The Bertz CT molecular complexity index is 1120. The number of methoxy groups -OCH3 is 2. The number of carbonyl (C=O) groups excluding carboxylic acids is 1. The lowest BCUT2D eigenvalue weighted by atomic mass is 10.0. The third-order valence-corrected chi connectivity index (χ3v) is 4.56. The summed E-state index contributed by atoms with van der Waals surface area (Å²) in [7, 11) is 2.85. The molecule has 0 aliphatic carbocycles. The van der Waals surface area contributed by atoms with Crippen molar-refractivity contribution < 1.29 is 24.2 Å². The van der Waals surface area contributed by atoms with Crippen molar-refractivity contribution in [3.05, 3.63) is 71.8 Å². The van der Waals surface area contributed by atoms with Gasteiger partial charge in [-0.2, -0.15) is 0 Å². The molecule has 0 fully saturated rings. The molecule has 0 spiro atoms. The van der Waals surface area contributed by atoms with Crippen LogP contribution in [0.15, 0.2) is 60.7 Å². The number of aromatic carboxylic acids is 1. The molecule has 2 N–H and O–H groups in total. The molecular weight excluding hydrogens is 370 g/mol. The molecule has 1 amide bonds. The van der Waals surface area contributed by atoms with Gasteiger partial charge >= 0.3 is 5.97 Å². The third-order valence-electron chi connectivity index (χ3n) is 4.56. The third kappa shape index (κ3) is 4.38. The smallest absolute Gasteiger partial charge is 0.337 e. The van der Waals surface area contributed by atoms with Crippen LogP contribution in [0.25, 0.3) is 16.3 Å². The van der Waals surface area contributed by atoms with Crippen LogP contribution in [0.1, 0.15) is 22.8 Å². The number of nitrogens with one attached hydrogen (secondary N) is 1. The second-order valence-corrected chi connectivity index (χ2v) is 6.44. The van der Waals surface area contributed by atoms with Crippen LogP contribution in [-0.2, 0) is 4.79 Å². The van der Waals surface area contributed by atoms with E-state index in [0.717, 1.165) is 21.9 Å². The molecule has 3 aromatic carbocycles. The highest BCUT2D eigenvalue weighted by molar-refractivity contribution is 6.08. The normalized spacial score (nSPS) is 11.2. The fourth-order valence-electron chi connectivity index (χ4n) is 3.04. The Balaban J connectivity index is 1.89. The van der Waals surface area contributed by atoms with Gasteiger partial charge in [0, 0.05) is 18.2 Å². The average Bonchev–Trinajstić information content (AvgIpc) is 2.72. The highest BCUT2D eigenvalue weighted by atomic mass is 16.5. The van der Waals surface area contributed by atoms with Gasteiger partial charge in [0.25, 0.3) is 0 Å². The molecular formula is C23H21NO5. The molecule has 0 unspecified atom stereocenters. The van der Waals surface area contributed by atoms with Crippen LogP contribution in [0.3, 0.4) is 0 Å². The summed E-state index contributed by atoms with van der Waals surface area (Å²) < 4.78 is 10.3. The van der Waals surface area contributed by atoms with E-state index in [4.69, 9.17) is 9.47 Å². The molecule has 0 aromatic heterocycles. The van der Waals surface area contributed by atoms with E-state index in [9.17, 15) is 14.7 Å². The molecule has 0 aliphatic heterocycles. The van der Waals surface area contributed by atoms with Gasteiger partial charge in [-0.15, -0.1) is 0 Å². The van der Waals surface area contributed by atoms with E-state index in [1.165, 1.54) is 32.4 Å². The van der Waals surface area contributed by atoms with Crippen molar-refractivity contribution in [1.82, 2.24) is 0 Å². The molecule has 0 saturated heterocycles. The summed E-state index contributed by atoms with van der Waals surface area (Å²) in [6.07, 6.45) is 1.44. The van der Waals surface area contributed by atoms with E-state index in [1.807, 2.05) is 49.4 Å². The molecule has 0 bridgehead atoms. The molecule has 148 valence electrons. The van der Waals surface area contributed by atoms with Crippen molar-refractivity contribution in [3.8, 4) is 11.5 Å². The van der Waals surface area contributed by atoms with Crippen LogP contribution in [0.4, 0.5) is 5.69 Å². The van der Waals surface area contributed by atoms with E-state index < -0.39 is 11.9 Å². The van der Waals surface area contributed by atoms with Crippen LogP contribution in [0, 0.1) is 0 Å². The standard InChI is InChI=1S/C23H21NO5/c1-14(16-9-8-15-6-4-5-7-17(15)11-16)10-22(25)24-19-13-21(29-3)20(28-2)12-18(19)23(26)27/h4-13H,1-3H3,(H,24,25)(H,26,27). The first-order valence-electron chi connectivity index (χ1n) is 8.90. The minimum atomic E-state index is -1.18. The van der Waals surface area contributed by atoms with Gasteiger partial charge in [0.2, 0.25) is 5.91 Å². The Hall–Kier alpha value is -3.80. The van der Waals surface area contributed by atoms with Crippen molar-refractivity contribution in [2.24, 2.45) is 0 Å². The number of amides is 1.